The molecular weight excluding hydrogens is 274 g/mol. The molecule has 1 aromatic carbocycles. The molecule has 0 fully saturated rings. The summed E-state index contributed by atoms with van der Waals surface area (Å²) in [5.74, 6) is -1.06. The number of hydrogen-bond donors (Lipinski definition) is 0. The smallest absolute Gasteiger partial charge is 0.262 e. The highest BCUT2D eigenvalue weighted by Gasteiger charge is 2.35. The Kier molecular flexibility index (Phi) is 3.45. The molecule has 0 saturated heterocycles. The molecule has 7 heteroatoms. The van der Waals surface area contributed by atoms with Crippen molar-refractivity contribution in [2.45, 2.75) is 6.92 Å². The molecule has 0 bridgehead atoms. The minimum absolute atomic E-state index is 0.0269. The summed E-state index contributed by atoms with van der Waals surface area (Å²) in [6.45, 7) is 1.52. The number of nitrogens with zero attached hydrogens (tertiary/aromatic N) is 1. The summed E-state index contributed by atoms with van der Waals surface area (Å²) in [6.07, 6.45) is 0. The van der Waals surface area contributed by atoms with Crippen LogP contribution in [-0.4, -0.2) is 36.8 Å². The maximum Gasteiger partial charge on any atom is 0.262 e. The second-order valence-corrected chi connectivity index (χ2v) is 8.09. The summed E-state index contributed by atoms with van der Waals surface area (Å²) in [6, 6.07) is 6.47. The first-order valence-corrected chi connectivity index (χ1v) is 8.44. The van der Waals surface area contributed by atoms with Gasteiger partial charge in [0.2, 0.25) is 8.87 Å². The fraction of sp³-hybridized carbons (Fsp3) is 0.273. The zero-order chi connectivity index (χ0) is 13.3. The lowest BCUT2D eigenvalue weighted by atomic mass is 10.1. The number of fused-ring (bicyclic) bond motifs is 1. The molecule has 18 heavy (non-hydrogen) atoms. The van der Waals surface area contributed by atoms with Crippen LogP contribution in [0.1, 0.15) is 27.6 Å². The van der Waals surface area contributed by atoms with Gasteiger partial charge in [-0.2, -0.15) is 0 Å². The van der Waals surface area contributed by atoms with Gasteiger partial charge in [0.25, 0.3) is 11.8 Å². The van der Waals surface area contributed by atoms with Crippen molar-refractivity contribution in [2.75, 3.05) is 11.6 Å². The molecule has 0 radical (unpaired) electrons. The number of rotatable bonds is 4. The fourth-order valence-electron chi connectivity index (χ4n) is 1.57. The van der Waals surface area contributed by atoms with E-state index in [0.29, 0.717) is 21.9 Å². The Morgan fingerprint density at radius 3 is 2.06 bits per heavy atom. The molecule has 5 nitrogen and oxygen atoms in total. The second kappa shape index (κ2) is 4.74. The topological polar surface area (TPSA) is 71.5 Å². The molecule has 0 atom stereocenters. The molecule has 0 N–H and O–H groups in total. The van der Waals surface area contributed by atoms with Crippen molar-refractivity contribution < 1.29 is 18.0 Å². The number of amides is 2. The van der Waals surface area contributed by atoms with E-state index < -0.39 is 20.7 Å². The minimum atomic E-state index is -3.27. The van der Waals surface area contributed by atoms with Gasteiger partial charge in [-0.25, -0.2) is 8.42 Å². The molecule has 1 aromatic rings. The van der Waals surface area contributed by atoms with Crippen LogP contribution in [0.5, 0.6) is 0 Å². The lowest BCUT2D eigenvalue weighted by Gasteiger charge is -2.12. The van der Waals surface area contributed by atoms with E-state index in [-0.39, 0.29) is 11.6 Å². The molecule has 1 heterocycles. The highest BCUT2D eigenvalue weighted by molar-refractivity contribution is 8.72. The number of carbonyl (C=O) groups is 2. The monoisotopic (exact) mass is 285 g/mol. The van der Waals surface area contributed by atoms with Gasteiger partial charge >= 0.3 is 0 Å². The third-order valence-electron chi connectivity index (χ3n) is 2.59. The molecule has 0 unspecified atom stereocenters. The summed E-state index contributed by atoms with van der Waals surface area (Å²) in [5.41, 5.74) is 0.661. The van der Waals surface area contributed by atoms with Crippen molar-refractivity contribution in [3.63, 3.8) is 0 Å². The Morgan fingerprint density at radius 1 is 1.11 bits per heavy atom. The normalized spacial score (nSPS) is 15.1. The Labute approximate surface area is 108 Å². The van der Waals surface area contributed by atoms with Crippen molar-refractivity contribution in [3.8, 4) is 0 Å². The van der Waals surface area contributed by atoms with E-state index >= 15 is 0 Å². The standard InChI is InChI=1S/C11H11NO4S2/c1-2-18(15,16)17-7-12-10(13)8-5-3-4-6-9(8)11(12)14/h3-6H,2,7H2,1H3. The summed E-state index contributed by atoms with van der Waals surface area (Å²) in [4.78, 5) is 24.8. The first kappa shape index (κ1) is 13.1. The van der Waals surface area contributed by atoms with Crippen LogP contribution in [0.15, 0.2) is 24.3 Å². The summed E-state index contributed by atoms with van der Waals surface area (Å²) in [5, 5.41) is 0. The highest BCUT2D eigenvalue weighted by Crippen LogP contribution is 2.25. The lowest BCUT2D eigenvalue weighted by molar-refractivity contribution is 0.0684. The zero-order valence-electron chi connectivity index (χ0n) is 9.62. The summed E-state index contributed by atoms with van der Waals surface area (Å²) in [7, 11) is -2.66. The Hall–Kier alpha value is -1.34. The predicted octanol–water partition coefficient (Wildman–Crippen LogP) is 1.32. The zero-order valence-corrected chi connectivity index (χ0v) is 11.3. The predicted molar refractivity (Wildman–Crippen MR) is 68.9 cm³/mol. The molecule has 1 aliphatic rings. The van der Waals surface area contributed by atoms with E-state index in [1.54, 1.807) is 24.3 Å². The lowest BCUT2D eigenvalue weighted by Crippen LogP contribution is -2.29. The van der Waals surface area contributed by atoms with Gasteiger partial charge in [0.05, 0.1) is 22.8 Å². The van der Waals surface area contributed by atoms with Gasteiger partial charge in [0, 0.05) is 0 Å². The van der Waals surface area contributed by atoms with E-state index in [0.717, 1.165) is 4.90 Å². The van der Waals surface area contributed by atoms with Gasteiger partial charge in [0.1, 0.15) is 0 Å². The Morgan fingerprint density at radius 2 is 1.61 bits per heavy atom. The number of hydrogen-bond acceptors (Lipinski definition) is 5. The molecule has 2 rings (SSSR count). The van der Waals surface area contributed by atoms with Crippen LogP contribution < -0.4 is 0 Å². The van der Waals surface area contributed by atoms with E-state index in [1.165, 1.54) is 6.92 Å². The van der Waals surface area contributed by atoms with Gasteiger partial charge < -0.3 is 0 Å². The SMILES string of the molecule is CCS(=O)(=O)SCN1C(=O)c2ccccc2C1=O. The molecule has 0 spiro atoms. The van der Waals surface area contributed by atoms with Crippen LogP contribution in [-0.2, 0) is 8.87 Å². The van der Waals surface area contributed by atoms with Gasteiger partial charge in [-0.05, 0) is 22.9 Å². The highest BCUT2D eigenvalue weighted by atomic mass is 33.1. The van der Waals surface area contributed by atoms with Crippen LogP contribution >= 0.6 is 10.8 Å². The van der Waals surface area contributed by atoms with E-state index in [4.69, 9.17) is 0 Å². The second-order valence-electron chi connectivity index (χ2n) is 3.68. The molecule has 0 aromatic heterocycles. The van der Waals surface area contributed by atoms with Gasteiger partial charge in [0.15, 0.2) is 0 Å². The summed E-state index contributed by atoms with van der Waals surface area (Å²) < 4.78 is 22.7. The largest absolute Gasteiger partial charge is 0.269 e. The van der Waals surface area contributed by atoms with Crippen LogP contribution in [0.2, 0.25) is 0 Å². The van der Waals surface area contributed by atoms with Gasteiger partial charge in [-0.1, -0.05) is 19.1 Å². The number of carbonyl (C=O) groups excluding carboxylic acids is 2. The van der Waals surface area contributed by atoms with Crippen LogP contribution in [0.4, 0.5) is 0 Å². The average Bonchev–Trinajstić information content (AvgIpc) is 2.61. The number of benzene rings is 1. The summed E-state index contributed by atoms with van der Waals surface area (Å²) >= 11 is 0. The third-order valence-corrected chi connectivity index (χ3v) is 6.12. The molecule has 1 aliphatic heterocycles. The fourth-order valence-corrected chi connectivity index (χ4v) is 3.54. The van der Waals surface area contributed by atoms with Crippen LogP contribution in [0.3, 0.4) is 0 Å². The Balaban J connectivity index is 2.19. The third kappa shape index (κ3) is 2.28. The molecular formula is C11H11NO4S2. The first-order valence-electron chi connectivity index (χ1n) is 5.28. The van der Waals surface area contributed by atoms with Gasteiger partial charge in [-0.15, -0.1) is 0 Å². The quantitative estimate of drug-likeness (QED) is 0.616. The molecule has 96 valence electrons. The maximum absolute atomic E-state index is 11.9. The first-order chi connectivity index (χ1) is 8.46. The average molecular weight is 285 g/mol. The van der Waals surface area contributed by atoms with Crippen molar-refractivity contribution in [1.29, 1.82) is 0 Å². The molecule has 0 saturated carbocycles. The molecule has 2 amide bonds. The van der Waals surface area contributed by atoms with Gasteiger partial charge in [-0.3, -0.25) is 14.5 Å². The van der Waals surface area contributed by atoms with Crippen molar-refractivity contribution in [3.05, 3.63) is 35.4 Å². The number of imide groups is 1. The van der Waals surface area contributed by atoms with E-state index in [9.17, 15) is 18.0 Å². The maximum atomic E-state index is 11.9. The van der Waals surface area contributed by atoms with Crippen molar-refractivity contribution in [2.24, 2.45) is 0 Å². The van der Waals surface area contributed by atoms with Crippen LogP contribution in [0.25, 0.3) is 0 Å². The van der Waals surface area contributed by atoms with E-state index in [1.807, 2.05) is 0 Å². The minimum Gasteiger partial charge on any atom is -0.269 e. The van der Waals surface area contributed by atoms with Crippen LogP contribution in [0, 0.1) is 0 Å². The Bertz CT molecular complexity index is 574. The molecule has 0 aliphatic carbocycles. The van der Waals surface area contributed by atoms with E-state index in [2.05, 4.69) is 0 Å². The van der Waals surface area contributed by atoms with Crippen molar-refractivity contribution >= 4 is 31.5 Å². The van der Waals surface area contributed by atoms with Crippen molar-refractivity contribution in [1.82, 2.24) is 4.90 Å².